The molecule has 1 aliphatic heterocycles. The number of aromatic amines is 1. The monoisotopic (exact) mass is 449 g/mol. The molecule has 1 amide bonds. The van der Waals surface area contributed by atoms with E-state index in [2.05, 4.69) is 20.6 Å². The zero-order valence-electron chi connectivity index (χ0n) is 17.9. The van der Waals surface area contributed by atoms with Gasteiger partial charge in [-0.15, -0.1) is 0 Å². The number of nitrogens with one attached hydrogen (secondary N) is 2. The summed E-state index contributed by atoms with van der Waals surface area (Å²) in [5.74, 6) is 0.936. The molecule has 0 radical (unpaired) electrons. The Balaban J connectivity index is 1.31. The normalized spacial score (nSPS) is 12.5. The fourth-order valence-electron chi connectivity index (χ4n) is 3.95. The zero-order chi connectivity index (χ0) is 22.9. The maximum absolute atomic E-state index is 12.9. The minimum absolute atomic E-state index is 0.204. The fraction of sp³-hybridized carbons (Fsp3) is 0.0385. The number of hydrogen-bond donors (Lipinski definition) is 2. The Morgan fingerprint density at radius 2 is 1.82 bits per heavy atom. The van der Waals surface area contributed by atoms with E-state index in [0.717, 1.165) is 33.4 Å². The molecule has 8 heteroatoms. The number of amides is 1. The van der Waals surface area contributed by atoms with Crippen LogP contribution in [0, 0.1) is 0 Å². The molecule has 0 atom stereocenters. The molecule has 3 heterocycles. The second kappa shape index (κ2) is 8.25. The lowest BCUT2D eigenvalue weighted by Gasteiger charge is -2.06. The van der Waals surface area contributed by atoms with Gasteiger partial charge in [0.2, 0.25) is 6.79 Å². The van der Waals surface area contributed by atoms with Crippen LogP contribution in [-0.4, -0.2) is 33.7 Å². The number of ether oxygens (including phenoxy) is 2. The first kappa shape index (κ1) is 19.8. The number of aromatic nitrogens is 3. The van der Waals surface area contributed by atoms with Crippen LogP contribution in [0.4, 0.5) is 0 Å². The minimum Gasteiger partial charge on any atom is -0.454 e. The lowest BCUT2D eigenvalue weighted by atomic mass is 10.1. The van der Waals surface area contributed by atoms with Gasteiger partial charge in [-0.25, -0.2) is 10.1 Å². The van der Waals surface area contributed by atoms with E-state index in [9.17, 15) is 4.79 Å². The molecule has 3 aromatic carbocycles. The lowest BCUT2D eigenvalue weighted by Crippen LogP contribution is -2.18. The predicted molar refractivity (Wildman–Crippen MR) is 128 cm³/mol. The molecule has 34 heavy (non-hydrogen) atoms. The van der Waals surface area contributed by atoms with Gasteiger partial charge in [-0.3, -0.25) is 4.79 Å². The van der Waals surface area contributed by atoms with Gasteiger partial charge in [-0.2, -0.15) is 10.2 Å². The topological polar surface area (TPSA) is 93.5 Å². The summed E-state index contributed by atoms with van der Waals surface area (Å²) in [5, 5.41) is 9.74. The van der Waals surface area contributed by atoms with E-state index < -0.39 is 5.91 Å². The van der Waals surface area contributed by atoms with Crippen molar-refractivity contribution < 1.29 is 14.3 Å². The van der Waals surface area contributed by atoms with Crippen LogP contribution in [0.1, 0.15) is 16.1 Å². The molecule has 2 N–H and O–H groups in total. The summed E-state index contributed by atoms with van der Waals surface area (Å²) < 4.78 is 12.5. The summed E-state index contributed by atoms with van der Waals surface area (Å²) in [6, 6.07) is 25.0. The van der Waals surface area contributed by atoms with Crippen molar-refractivity contribution in [1.82, 2.24) is 20.2 Å². The van der Waals surface area contributed by atoms with E-state index in [1.807, 2.05) is 66.9 Å². The molecule has 6 rings (SSSR count). The third-order valence-corrected chi connectivity index (χ3v) is 5.58. The van der Waals surface area contributed by atoms with E-state index in [0.29, 0.717) is 11.5 Å². The lowest BCUT2D eigenvalue weighted by molar-refractivity contribution is 0.0949. The summed E-state index contributed by atoms with van der Waals surface area (Å²) in [6.07, 6.45) is 3.48. The van der Waals surface area contributed by atoms with Crippen LogP contribution in [0.25, 0.3) is 27.8 Å². The molecule has 5 aromatic rings. The average molecular weight is 449 g/mol. The number of rotatable bonds is 5. The zero-order valence-corrected chi connectivity index (χ0v) is 17.9. The number of H-pyrrole nitrogens is 1. The number of para-hydroxylation sites is 2. The van der Waals surface area contributed by atoms with Crippen molar-refractivity contribution in [3.63, 3.8) is 0 Å². The van der Waals surface area contributed by atoms with Gasteiger partial charge in [0, 0.05) is 22.7 Å². The highest BCUT2D eigenvalue weighted by Crippen LogP contribution is 2.32. The van der Waals surface area contributed by atoms with Crippen molar-refractivity contribution in [3.8, 4) is 28.4 Å². The maximum Gasteiger partial charge on any atom is 0.291 e. The second-order valence-electron chi connectivity index (χ2n) is 7.72. The first-order chi connectivity index (χ1) is 16.8. The summed E-state index contributed by atoms with van der Waals surface area (Å²) in [7, 11) is 0. The number of carbonyl (C=O) groups is 1. The standard InChI is InChI=1S/C26H19N5O3/c32-26(29-28-14-17-10-11-24-25(12-17)34-16-33-24)22-13-23(31(30-22)18-6-2-1-3-7-18)20-15-27-21-9-5-4-8-19(20)21/h1-15,27H,16H2,(H,29,32)/b28-14+. The van der Waals surface area contributed by atoms with Crippen LogP contribution >= 0.6 is 0 Å². The van der Waals surface area contributed by atoms with E-state index in [1.165, 1.54) is 0 Å². The summed E-state index contributed by atoms with van der Waals surface area (Å²) >= 11 is 0. The van der Waals surface area contributed by atoms with Gasteiger partial charge in [0.05, 0.1) is 17.6 Å². The minimum atomic E-state index is -0.409. The third kappa shape index (κ3) is 3.57. The van der Waals surface area contributed by atoms with Gasteiger partial charge in [0.1, 0.15) is 0 Å². The molecule has 166 valence electrons. The second-order valence-corrected chi connectivity index (χ2v) is 7.72. The highest BCUT2D eigenvalue weighted by Gasteiger charge is 2.19. The molecule has 0 saturated heterocycles. The van der Waals surface area contributed by atoms with Crippen LogP contribution in [0.5, 0.6) is 11.5 Å². The molecular weight excluding hydrogens is 430 g/mol. The number of fused-ring (bicyclic) bond motifs is 2. The molecular formula is C26H19N5O3. The Kier molecular flexibility index (Phi) is 4.81. The average Bonchev–Trinajstić information content (AvgIpc) is 3.62. The molecule has 0 saturated carbocycles. The maximum atomic E-state index is 12.9. The van der Waals surface area contributed by atoms with Crippen LogP contribution in [0.15, 0.2) is 90.2 Å². The van der Waals surface area contributed by atoms with Crippen LogP contribution in [0.3, 0.4) is 0 Å². The third-order valence-electron chi connectivity index (χ3n) is 5.58. The fourth-order valence-corrected chi connectivity index (χ4v) is 3.95. The molecule has 0 fully saturated rings. The van der Waals surface area contributed by atoms with Crippen molar-refractivity contribution in [2.24, 2.45) is 5.10 Å². The summed E-state index contributed by atoms with van der Waals surface area (Å²) in [6.45, 7) is 0.204. The molecule has 0 unspecified atom stereocenters. The first-order valence-electron chi connectivity index (χ1n) is 10.7. The van der Waals surface area contributed by atoms with Crippen LogP contribution in [0.2, 0.25) is 0 Å². The number of nitrogens with zero attached hydrogens (tertiary/aromatic N) is 3. The number of carbonyl (C=O) groups excluding carboxylic acids is 1. The Hall–Kier alpha value is -4.85. The van der Waals surface area contributed by atoms with Crippen molar-refractivity contribution >= 4 is 23.0 Å². The first-order valence-corrected chi connectivity index (χ1v) is 10.7. The number of hydrogen-bond acceptors (Lipinski definition) is 5. The summed E-state index contributed by atoms with van der Waals surface area (Å²) in [5.41, 5.74) is 7.21. The van der Waals surface area contributed by atoms with Crippen molar-refractivity contribution in [2.75, 3.05) is 6.79 Å². The highest BCUT2D eigenvalue weighted by atomic mass is 16.7. The van der Waals surface area contributed by atoms with Gasteiger partial charge >= 0.3 is 0 Å². The smallest absolute Gasteiger partial charge is 0.291 e. The van der Waals surface area contributed by atoms with Crippen molar-refractivity contribution in [1.29, 1.82) is 0 Å². The van der Waals surface area contributed by atoms with Gasteiger partial charge in [0.25, 0.3) is 5.91 Å². The Morgan fingerprint density at radius 3 is 2.74 bits per heavy atom. The molecule has 8 nitrogen and oxygen atoms in total. The largest absolute Gasteiger partial charge is 0.454 e. The van der Waals surface area contributed by atoms with Crippen molar-refractivity contribution in [3.05, 3.63) is 96.3 Å². The van der Waals surface area contributed by atoms with Gasteiger partial charge in [0.15, 0.2) is 17.2 Å². The van der Waals surface area contributed by atoms with E-state index in [4.69, 9.17) is 9.47 Å². The Bertz CT molecular complexity index is 1530. The quantitative estimate of drug-likeness (QED) is 0.305. The van der Waals surface area contributed by atoms with E-state index in [1.54, 1.807) is 29.1 Å². The van der Waals surface area contributed by atoms with Gasteiger partial charge < -0.3 is 14.5 Å². The van der Waals surface area contributed by atoms with Crippen molar-refractivity contribution in [2.45, 2.75) is 0 Å². The predicted octanol–water partition coefficient (Wildman–Crippen LogP) is 4.51. The van der Waals surface area contributed by atoms with Crippen LogP contribution < -0.4 is 14.9 Å². The number of hydrazone groups is 1. The van der Waals surface area contributed by atoms with Gasteiger partial charge in [-0.05, 0) is 48.0 Å². The summed E-state index contributed by atoms with van der Waals surface area (Å²) in [4.78, 5) is 16.2. The molecule has 0 bridgehead atoms. The molecule has 2 aromatic heterocycles. The van der Waals surface area contributed by atoms with Gasteiger partial charge in [-0.1, -0.05) is 36.4 Å². The SMILES string of the molecule is O=C(N/N=C/c1ccc2c(c1)OCO2)c1cc(-c2c[nH]c3ccccc23)n(-c2ccccc2)n1. The Morgan fingerprint density at radius 1 is 1.00 bits per heavy atom. The van der Waals surface area contributed by atoms with E-state index >= 15 is 0 Å². The molecule has 0 spiro atoms. The van der Waals surface area contributed by atoms with Crippen LogP contribution in [-0.2, 0) is 0 Å². The molecule has 1 aliphatic rings. The number of benzene rings is 3. The molecule has 0 aliphatic carbocycles. The highest BCUT2D eigenvalue weighted by molar-refractivity contribution is 5.98. The van der Waals surface area contributed by atoms with E-state index in [-0.39, 0.29) is 12.5 Å². The Labute approximate surface area is 194 Å².